The third-order valence-electron chi connectivity index (χ3n) is 4.21. The molecule has 0 spiro atoms. The van der Waals surface area contributed by atoms with E-state index in [1.165, 1.54) is 28.7 Å². The SMILES string of the molecule is Cc1ccc(C(C)NCC2Cc3ccccc32)cc1. The average Bonchev–Trinajstić information content (AvgIpc) is 2.40. The number of hydrogen-bond donors (Lipinski definition) is 1. The predicted molar refractivity (Wildman–Crippen MR) is 80.5 cm³/mol. The van der Waals surface area contributed by atoms with E-state index in [9.17, 15) is 0 Å². The van der Waals surface area contributed by atoms with Crippen molar-refractivity contribution in [1.82, 2.24) is 5.32 Å². The highest BCUT2D eigenvalue weighted by atomic mass is 14.9. The van der Waals surface area contributed by atoms with Crippen molar-refractivity contribution in [2.24, 2.45) is 0 Å². The van der Waals surface area contributed by atoms with Gasteiger partial charge in [0.25, 0.3) is 0 Å². The third kappa shape index (κ3) is 2.57. The molecule has 1 aliphatic carbocycles. The Bertz CT molecular complexity index is 556. The fraction of sp³-hybridized carbons (Fsp3) is 0.333. The standard InChI is InChI=1S/C18H21N/c1-13-7-9-15(10-8-13)14(2)19-12-17-11-16-5-3-4-6-18(16)17/h3-10,14,17,19H,11-12H2,1-2H3. The van der Waals surface area contributed by atoms with Gasteiger partial charge in [0.15, 0.2) is 0 Å². The summed E-state index contributed by atoms with van der Waals surface area (Å²) in [6, 6.07) is 18.0. The zero-order valence-electron chi connectivity index (χ0n) is 11.7. The lowest BCUT2D eigenvalue weighted by Crippen LogP contribution is -2.30. The Kier molecular flexibility index (Phi) is 3.39. The summed E-state index contributed by atoms with van der Waals surface area (Å²) in [4.78, 5) is 0. The van der Waals surface area contributed by atoms with Gasteiger partial charge in [-0.3, -0.25) is 0 Å². The first kappa shape index (κ1) is 12.4. The van der Waals surface area contributed by atoms with Gasteiger partial charge in [0.1, 0.15) is 0 Å². The molecule has 0 bridgehead atoms. The summed E-state index contributed by atoms with van der Waals surface area (Å²) < 4.78 is 0. The van der Waals surface area contributed by atoms with Gasteiger partial charge in [-0.1, -0.05) is 54.1 Å². The molecular weight excluding hydrogens is 230 g/mol. The highest BCUT2D eigenvalue weighted by Crippen LogP contribution is 2.34. The zero-order chi connectivity index (χ0) is 13.2. The Balaban J connectivity index is 1.57. The molecule has 2 atom stereocenters. The van der Waals surface area contributed by atoms with Gasteiger partial charge in [-0.15, -0.1) is 0 Å². The van der Waals surface area contributed by atoms with Crippen LogP contribution in [0.1, 0.15) is 41.1 Å². The number of aryl methyl sites for hydroxylation is 1. The predicted octanol–water partition coefficient (Wildman–Crippen LogP) is 3.99. The summed E-state index contributed by atoms with van der Waals surface area (Å²) in [7, 11) is 0. The lowest BCUT2D eigenvalue weighted by Gasteiger charge is -2.31. The second-order valence-electron chi connectivity index (χ2n) is 5.64. The van der Waals surface area contributed by atoms with E-state index < -0.39 is 0 Å². The number of hydrogen-bond acceptors (Lipinski definition) is 1. The molecule has 0 amide bonds. The first-order chi connectivity index (χ1) is 9.24. The summed E-state index contributed by atoms with van der Waals surface area (Å²) in [6.07, 6.45) is 1.23. The molecule has 1 heteroatoms. The van der Waals surface area contributed by atoms with Crippen LogP contribution in [0.3, 0.4) is 0 Å². The van der Waals surface area contributed by atoms with E-state index in [0.717, 1.165) is 6.54 Å². The van der Waals surface area contributed by atoms with Gasteiger partial charge in [-0.2, -0.15) is 0 Å². The van der Waals surface area contributed by atoms with Gasteiger partial charge in [-0.05, 0) is 37.0 Å². The molecule has 0 saturated carbocycles. The van der Waals surface area contributed by atoms with Crippen molar-refractivity contribution in [1.29, 1.82) is 0 Å². The molecular formula is C18H21N. The van der Waals surface area contributed by atoms with Gasteiger partial charge in [0.05, 0.1) is 0 Å². The van der Waals surface area contributed by atoms with Crippen LogP contribution < -0.4 is 5.32 Å². The van der Waals surface area contributed by atoms with Crippen LogP contribution in [0.15, 0.2) is 48.5 Å². The van der Waals surface area contributed by atoms with Crippen molar-refractivity contribution in [3.05, 3.63) is 70.8 Å². The van der Waals surface area contributed by atoms with E-state index in [-0.39, 0.29) is 0 Å². The Morgan fingerprint density at radius 1 is 1.11 bits per heavy atom. The van der Waals surface area contributed by atoms with E-state index >= 15 is 0 Å². The Morgan fingerprint density at radius 2 is 1.84 bits per heavy atom. The lowest BCUT2D eigenvalue weighted by molar-refractivity contribution is 0.489. The van der Waals surface area contributed by atoms with Crippen molar-refractivity contribution < 1.29 is 0 Å². The largest absolute Gasteiger partial charge is 0.310 e. The molecule has 2 aromatic rings. The molecule has 2 unspecified atom stereocenters. The maximum absolute atomic E-state index is 3.66. The van der Waals surface area contributed by atoms with Crippen molar-refractivity contribution >= 4 is 0 Å². The van der Waals surface area contributed by atoms with Gasteiger partial charge < -0.3 is 5.32 Å². The van der Waals surface area contributed by atoms with Crippen molar-refractivity contribution in [3.63, 3.8) is 0 Å². The second-order valence-corrected chi connectivity index (χ2v) is 5.64. The van der Waals surface area contributed by atoms with Crippen molar-refractivity contribution in [2.45, 2.75) is 32.2 Å². The summed E-state index contributed by atoms with van der Waals surface area (Å²) >= 11 is 0. The van der Waals surface area contributed by atoms with Crippen LogP contribution in [0.2, 0.25) is 0 Å². The zero-order valence-corrected chi connectivity index (χ0v) is 11.7. The molecule has 19 heavy (non-hydrogen) atoms. The molecule has 0 saturated heterocycles. The fourth-order valence-electron chi connectivity index (χ4n) is 2.84. The van der Waals surface area contributed by atoms with Crippen LogP contribution >= 0.6 is 0 Å². The van der Waals surface area contributed by atoms with Gasteiger partial charge in [-0.25, -0.2) is 0 Å². The van der Waals surface area contributed by atoms with E-state index in [1.807, 2.05) is 0 Å². The third-order valence-corrected chi connectivity index (χ3v) is 4.21. The number of rotatable bonds is 4. The molecule has 0 fully saturated rings. The minimum atomic E-state index is 0.424. The van der Waals surface area contributed by atoms with Crippen LogP contribution in [-0.4, -0.2) is 6.54 Å². The maximum Gasteiger partial charge on any atom is 0.0292 e. The monoisotopic (exact) mass is 251 g/mol. The summed E-state index contributed by atoms with van der Waals surface area (Å²) in [5, 5.41) is 3.66. The maximum atomic E-state index is 3.66. The van der Waals surface area contributed by atoms with Crippen LogP contribution in [0.4, 0.5) is 0 Å². The molecule has 0 aliphatic heterocycles. The molecule has 0 aromatic heterocycles. The number of benzene rings is 2. The molecule has 0 heterocycles. The second kappa shape index (κ2) is 5.18. The molecule has 98 valence electrons. The van der Waals surface area contributed by atoms with Gasteiger partial charge >= 0.3 is 0 Å². The highest BCUT2D eigenvalue weighted by molar-refractivity contribution is 5.40. The molecule has 1 aliphatic rings. The normalized spacial score (nSPS) is 18.5. The average molecular weight is 251 g/mol. The summed E-state index contributed by atoms with van der Waals surface area (Å²) in [5.41, 5.74) is 5.76. The topological polar surface area (TPSA) is 12.0 Å². The van der Waals surface area contributed by atoms with Crippen LogP contribution in [0, 0.1) is 6.92 Å². The highest BCUT2D eigenvalue weighted by Gasteiger charge is 2.25. The Hall–Kier alpha value is -1.60. The minimum absolute atomic E-state index is 0.424. The molecule has 1 nitrogen and oxygen atoms in total. The minimum Gasteiger partial charge on any atom is -0.310 e. The lowest BCUT2D eigenvalue weighted by atomic mass is 9.77. The summed E-state index contributed by atoms with van der Waals surface area (Å²) in [5.74, 6) is 0.698. The van der Waals surface area contributed by atoms with Gasteiger partial charge in [0, 0.05) is 18.5 Å². The van der Waals surface area contributed by atoms with E-state index in [1.54, 1.807) is 0 Å². The molecule has 3 rings (SSSR count). The van der Waals surface area contributed by atoms with Crippen molar-refractivity contribution in [3.8, 4) is 0 Å². The molecule has 1 N–H and O–H groups in total. The Morgan fingerprint density at radius 3 is 2.58 bits per heavy atom. The number of nitrogens with one attached hydrogen (secondary N) is 1. The van der Waals surface area contributed by atoms with Crippen molar-refractivity contribution in [2.75, 3.05) is 6.54 Å². The summed E-state index contributed by atoms with van der Waals surface area (Å²) in [6.45, 7) is 5.45. The first-order valence-corrected chi connectivity index (χ1v) is 7.12. The quantitative estimate of drug-likeness (QED) is 0.866. The van der Waals surface area contributed by atoms with E-state index in [2.05, 4.69) is 67.7 Å². The number of fused-ring (bicyclic) bond motifs is 1. The fourth-order valence-corrected chi connectivity index (χ4v) is 2.84. The molecule has 2 aromatic carbocycles. The van der Waals surface area contributed by atoms with Gasteiger partial charge in [0.2, 0.25) is 0 Å². The first-order valence-electron chi connectivity index (χ1n) is 7.12. The Labute approximate surface area is 115 Å². The van der Waals surface area contributed by atoms with E-state index in [0.29, 0.717) is 12.0 Å². The van der Waals surface area contributed by atoms with Crippen LogP contribution in [0.25, 0.3) is 0 Å². The smallest absolute Gasteiger partial charge is 0.0292 e. The molecule has 0 radical (unpaired) electrons. The van der Waals surface area contributed by atoms with E-state index in [4.69, 9.17) is 0 Å². The van der Waals surface area contributed by atoms with Crippen LogP contribution in [-0.2, 0) is 6.42 Å². The van der Waals surface area contributed by atoms with Crippen LogP contribution in [0.5, 0.6) is 0 Å².